The third-order valence-corrected chi connectivity index (χ3v) is 3.24. The van der Waals surface area contributed by atoms with E-state index in [1.807, 2.05) is 29.2 Å². The molecule has 0 atom stereocenters. The van der Waals surface area contributed by atoms with Crippen molar-refractivity contribution in [2.75, 3.05) is 6.54 Å². The SMILES string of the molecule is C=CCN(C(=O)c1ccc(CCl)cc1)C1CC1. The van der Waals surface area contributed by atoms with E-state index in [-0.39, 0.29) is 5.91 Å². The summed E-state index contributed by atoms with van der Waals surface area (Å²) >= 11 is 5.72. The van der Waals surface area contributed by atoms with E-state index in [0.717, 1.165) is 24.0 Å². The third kappa shape index (κ3) is 2.89. The highest BCUT2D eigenvalue weighted by Crippen LogP contribution is 2.28. The molecule has 0 bridgehead atoms. The van der Waals surface area contributed by atoms with Crippen LogP contribution in [-0.4, -0.2) is 23.4 Å². The van der Waals surface area contributed by atoms with Crippen molar-refractivity contribution in [2.45, 2.75) is 24.8 Å². The van der Waals surface area contributed by atoms with Gasteiger partial charge >= 0.3 is 0 Å². The average molecular weight is 250 g/mol. The second-order valence-electron chi connectivity index (χ2n) is 4.31. The van der Waals surface area contributed by atoms with Gasteiger partial charge < -0.3 is 4.90 Å². The second kappa shape index (κ2) is 5.37. The van der Waals surface area contributed by atoms with E-state index in [2.05, 4.69) is 6.58 Å². The van der Waals surface area contributed by atoms with Gasteiger partial charge in [-0.05, 0) is 30.5 Å². The zero-order valence-corrected chi connectivity index (χ0v) is 10.5. The molecule has 1 aliphatic carbocycles. The van der Waals surface area contributed by atoms with E-state index >= 15 is 0 Å². The van der Waals surface area contributed by atoms with Gasteiger partial charge in [-0.2, -0.15) is 0 Å². The first-order valence-corrected chi connectivity index (χ1v) is 6.36. The van der Waals surface area contributed by atoms with Crippen LogP contribution < -0.4 is 0 Å². The van der Waals surface area contributed by atoms with Crippen LogP contribution in [0.5, 0.6) is 0 Å². The van der Waals surface area contributed by atoms with Crippen LogP contribution in [0.15, 0.2) is 36.9 Å². The Kier molecular flexibility index (Phi) is 3.85. The van der Waals surface area contributed by atoms with E-state index in [4.69, 9.17) is 11.6 Å². The second-order valence-corrected chi connectivity index (χ2v) is 4.58. The molecule has 90 valence electrons. The van der Waals surface area contributed by atoms with Gasteiger partial charge in [-0.3, -0.25) is 4.79 Å². The molecule has 0 aliphatic heterocycles. The molecule has 1 amide bonds. The molecule has 17 heavy (non-hydrogen) atoms. The monoisotopic (exact) mass is 249 g/mol. The summed E-state index contributed by atoms with van der Waals surface area (Å²) in [5.41, 5.74) is 1.76. The van der Waals surface area contributed by atoms with Crippen molar-refractivity contribution < 1.29 is 4.79 Å². The highest BCUT2D eigenvalue weighted by molar-refractivity contribution is 6.17. The lowest BCUT2D eigenvalue weighted by Gasteiger charge is -2.20. The van der Waals surface area contributed by atoms with Gasteiger partial charge in [-0.1, -0.05) is 18.2 Å². The average Bonchev–Trinajstić information content (AvgIpc) is 3.19. The maximum absolute atomic E-state index is 12.3. The fourth-order valence-electron chi connectivity index (χ4n) is 1.83. The Labute approximate surface area is 107 Å². The molecule has 0 heterocycles. The predicted molar refractivity (Wildman–Crippen MR) is 70.3 cm³/mol. The number of halogens is 1. The van der Waals surface area contributed by atoms with E-state index in [1.165, 1.54) is 0 Å². The van der Waals surface area contributed by atoms with Crippen LogP contribution >= 0.6 is 11.6 Å². The molecule has 0 radical (unpaired) electrons. The van der Waals surface area contributed by atoms with E-state index in [1.54, 1.807) is 6.08 Å². The number of amides is 1. The van der Waals surface area contributed by atoms with Crippen LogP contribution in [0.3, 0.4) is 0 Å². The molecule has 2 rings (SSSR count). The third-order valence-electron chi connectivity index (χ3n) is 2.93. The Bertz CT molecular complexity index is 409. The van der Waals surface area contributed by atoms with Crippen molar-refractivity contribution in [1.29, 1.82) is 0 Å². The highest BCUT2D eigenvalue weighted by Gasteiger charge is 2.32. The molecule has 3 heteroatoms. The fraction of sp³-hybridized carbons (Fsp3) is 0.357. The van der Waals surface area contributed by atoms with Crippen LogP contribution in [0.1, 0.15) is 28.8 Å². The normalized spacial score (nSPS) is 14.4. The summed E-state index contributed by atoms with van der Waals surface area (Å²) in [5.74, 6) is 0.571. The standard InChI is InChI=1S/C14H16ClNO/c1-2-9-16(13-7-8-13)14(17)12-5-3-11(10-15)4-6-12/h2-6,13H,1,7-10H2. The van der Waals surface area contributed by atoms with Crippen LogP contribution in [0.2, 0.25) is 0 Å². The molecular formula is C14H16ClNO. The number of rotatable bonds is 5. The Hall–Kier alpha value is -1.28. The Morgan fingerprint density at radius 3 is 2.53 bits per heavy atom. The first-order valence-electron chi connectivity index (χ1n) is 5.83. The Morgan fingerprint density at radius 1 is 1.41 bits per heavy atom. The van der Waals surface area contributed by atoms with E-state index in [0.29, 0.717) is 18.5 Å². The molecule has 1 aromatic carbocycles. The van der Waals surface area contributed by atoms with Crippen LogP contribution in [0, 0.1) is 0 Å². The highest BCUT2D eigenvalue weighted by atomic mass is 35.5. The van der Waals surface area contributed by atoms with Crippen LogP contribution in [0.4, 0.5) is 0 Å². The maximum atomic E-state index is 12.3. The van der Waals surface area contributed by atoms with Crippen molar-refractivity contribution in [1.82, 2.24) is 4.90 Å². The Morgan fingerprint density at radius 2 is 2.06 bits per heavy atom. The maximum Gasteiger partial charge on any atom is 0.254 e. The molecule has 0 N–H and O–H groups in total. The minimum Gasteiger partial charge on any atom is -0.332 e. The molecule has 2 nitrogen and oxygen atoms in total. The number of nitrogens with zero attached hydrogens (tertiary/aromatic N) is 1. The number of hydrogen-bond acceptors (Lipinski definition) is 1. The molecular weight excluding hydrogens is 234 g/mol. The molecule has 1 saturated carbocycles. The predicted octanol–water partition coefficient (Wildman–Crippen LogP) is 3.22. The number of alkyl halides is 1. The summed E-state index contributed by atoms with van der Waals surface area (Å²) in [6, 6.07) is 7.91. The van der Waals surface area contributed by atoms with Gasteiger partial charge in [0.05, 0.1) is 0 Å². The minimum atomic E-state index is 0.0912. The van der Waals surface area contributed by atoms with Crippen molar-refractivity contribution in [3.05, 3.63) is 48.0 Å². The van der Waals surface area contributed by atoms with Gasteiger partial charge in [0.15, 0.2) is 0 Å². The first-order chi connectivity index (χ1) is 8.26. The lowest BCUT2D eigenvalue weighted by atomic mass is 10.1. The number of carbonyl (C=O) groups is 1. The van der Waals surface area contributed by atoms with Gasteiger partial charge in [0.1, 0.15) is 0 Å². The summed E-state index contributed by atoms with van der Waals surface area (Å²) in [5, 5.41) is 0. The zero-order valence-electron chi connectivity index (χ0n) is 9.73. The van der Waals surface area contributed by atoms with Gasteiger partial charge in [0.2, 0.25) is 0 Å². The molecule has 1 aliphatic rings. The lowest BCUT2D eigenvalue weighted by molar-refractivity contribution is 0.0762. The van der Waals surface area contributed by atoms with Gasteiger partial charge in [-0.15, -0.1) is 18.2 Å². The molecule has 0 unspecified atom stereocenters. The van der Waals surface area contributed by atoms with Crippen molar-refractivity contribution in [2.24, 2.45) is 0 Å². The van der Waals surface area contributed by atoms with Crippen molar-refractivity contribution in [3.63, 3.8) is 0 Å². The minimum absolute atomic E-state index is 0.0912. The quantitative estimate of drug-likeness (QED) is 0.580. The Balaban J connectivity index is 2.13. The van der Waals surface area contributed by atoms with Crippen LogP contribution in [-0.2, 0) is 5.88 Å². The van der Waals surface area contributed by atoms with Gasteiger partial charge in [0.25, 0.3) is 5.91 Å². The van der Waals surface area contributed by atoms with Crippen LogP contribution in [0.25, 0.3) is 0 Å². The number of carbonyl (C=O) groups excluding carboxylic acids is 1. The number of hydrogen-bond donors (Lipinski definition) is 0. The smallest absolute Gasteiger partial charge is 0.254 e. The summed E-state index contributed by atoms with van der Waals surface area (Å²) in [4.78, 5) is 14.2. The zero-order chi connectivity index (χ0) is 12.3. The molecule has 0 saturated heterocycles. The molecule has 1 fully saturated rings. The largest absolute Gasteiger partial charge is 0.332 e. The topological polar surface area (TPSA) is 20.3 Å². The fourth-order valence-corrected chi connectivity index (χ4v) is 2.00. The summed E-state index contributed by atoms with van der Waals surface area (Å²) in [7, 11) is 0. The van der Waals surface area contributed by atoms with E-state index in [9.17, 15) is 4.79 Å². The van der Waals surface area contributed by atoms with Gasteiger partial charge in [0, 0.05) is 24.0 Å². The van der Waals surface area contributed by atoms with E-state index < -0.39 is 0 Å². The molecule has 0 spiro atoms. The summed E-state index contributed by atoms with van der Waals surface area (Å²) in [6.07, 6.45) is 4.00. The van der Waals surface area contributed by atoms with Gasteiger partial charge in [-0.25, -0.2) is 0 Å². The summed E-state index contributed by atoms with van der Waals surface area (Å²) < 4.78 is 0. The lowest BCUT2D eigenvalue weighted by Crippen LogP contribution is -2.33. The van der Waals surface area contributed by atoms with Crippen molar-refractivity contribution >= 4 is 17.5 Å². The molecule has 1 aromatic rings. The first kappa shape index (κ1) is 12.2. The number of benzene rings is 1. The molecule has 0 aromatic heterocycles. The van der Waals surface area contributed by atoms with Crippen molar-refractivity contribution in [3.8, 4) is 0 Å². The summed E-state index contributed by atoms with van der Waals surface area (Å²) in [6.45, 7) is 4.33.